The number of amides is 2. The molecule has 1 saturated heterocycles. The van der Waals surface area contributed by atoms with Crippen molar-refractivity contribution in [1.29, 1.82) is 0 Å². The van der Waals surface area contributed by atoms with Gasteiger partial charge in [0.15, 0.2) is 5.78 Å². The Morgan fingerprint density at radius 2 is 1.54 bits per heavy atom. The van der Waals surface area contributed by atoms with Gasteiger partial charge in [0.05, 0.1) is 0 Å². The van der Waals surface area contributed by atoms with Gasteiger partial charge in [0.25, 0.3) is 11.8 Å². The van der Waals surface area contributed by atoms with Crippen molar-refractivity contribution in [3.63, 3.8) is 0 Å². The standard InChI is InChI=1S/C22H25N3O3/c1-3-24-11-13-25(14-12-24)22(28)18-9-7-17(8-10-18)21(27)23-20-6-4-5-19(15-20)16(2)26/h4-10,15H,3,11-14H2,1-2H3,(H,23,27). The summed E-state index contributed by atoms with van der Waals surface area (Å²) in [5, 5.41) is 2.78. The third kappa shape index (κ3) is 4.64. The number of nitrogens with zero attached hydrogens (tertiary/aromatic N) is 2. The molecule has 0 bridgehead atoms. The predicted molar refractivity (Wildman–Crippen MR) is 109 cm³/mol. The fourth-order valence-electron chi connectivity index (χ4n) is 3.23. The van der Waals surface area contributed by atoms with Gasteiger partial charge >= 0.3 is 0 Å². The van der Waals surface area contributed by atoms with E-state index in [1.54, 1.807) is 48.5 Å². The molecule has 1 fully saturated rings. The zero-order valence-electron chi connectivity index (χ0n) is 16.3. The number of carbonyl (C=O) groups is 3. The first-order valence-electron chi connectivity index (χ1n) is 9.52. The van der Waals surface area contributed by atoms with Crippen LogP contribution in [0.1, 0.15) is 44.9 Å². The molecule has 2 amide bonds. The topological polar surface area (TPSA) is 69.7 Å². The molecule has 1 aliphatic heterocycles. The maximum atomic E-state index is 12.6. The molecule has 0 radical (unpaired) electrons. The average molecular weight is 379 g/mol. The number of likely N-dealkylation sites (N-methyl/N-ethyl adjacent to an activating group) is 1. The number of carbonyl (C=O) groups excluding carboxylic acids is 3. The van der Waals surface area contributed by atoms with Crippen LogP contribution >= 0.6 is 0 Å². The third-order valence-electron chi connectivity index (χ3n) is 5.03. The molecule has 0 aliphatic carbocycles. The van der Waals surface area contributed by atoms with Gasteiger partial charge < -0.3 is 15.1 Å². The first-order valence-corrected chi connectivity index (χ1v) is 9.52. The molecule has 2 aromatic carbocycles. The highest BCUT2D eigenvalue weighted by molar-refractivity contribution is 6.05. The summed E-state index contributed by atoms with van der Waals surface area (Å²) in [6.07, 6.45) is 0. The van der Waals surface area contributed by atoms with Crippen LogP contribution < -0.4 is 5.32 Å². The zero-order valence-corrected chi connectivity index (χ0v) is 16.3. The summed E-state index contributed by atoms with van der Waals surface area (Å²) in [6.45, 7) is 7.84. The van der Waals surface area contributed by atoms with Gasteiger partial charge in [-0.15, -0.1) is 0 Å². The van der Waals surface area contributed by atoms with E-state index in [4.69, 9.17) is 0 Å². The number of ketones is 1. The lowest BCUT2D eigenvalue weighted by Crippen LogP contribution is -2.48. The molecule has 2 aromatic rings. The summed E-state index contributed by atoms with van der Waals surface area (Å²) in [6, 6.07) is 13.5. The van der Waals surface area contributed by atoms with E-state index in [1.807, 2.05) is 4.90 Å². The Balaban J connectivity index is 1.63. The lowest BCUT2D eigenvalue weighted by molar-refractivity contribution is 0.0643. The van der Waals surface area contributed by atoms with Crippen LogP contribution in [0.5, 0.6) is 0 Å². The van der Waals surface area contributed by atoms with Crippen molar-refractivity contribution >= 4 is 23.3 Å². The van der Waals surface area contributed by atoms with E-state index in [2.05, 4.69) is 17.1 Å². The summed E-state index contributed by atoms with van der Waals surface area (Å²) in [5.74, 6) is -0.341. The first-order chi connectivity index (χ1) is 13.5. The summed E-state index contributed by atoms with van der Waals surface area (Å²) in [5.41, 5.74) is 2.15. The molecule has 1 N–H and O–H groups in total. The molecule has 6 heteroatoms. The largest absolute Gasteiger partial charge is 0.336 e. The number of Topliss-reactive ketones (excluding diaryl/α,β-unsaturated/α-hetero) is 1. The molecule has 6 nitrogen and oxygen atoms in total. The lowest BCUT2D eigenvalue weighted by atomic mass is 10.1. The summed E-state index contributed by atoms with van der Waals surface area (Å²) in [4.78, 5) is 40.7. The second-order valence-corrected chi connectivity index (χ2v) is 6.89. The van der Waals surface area contributed by atoms with Crippen molar-refractivity contribution in [2.75, 3.05) is 38.0 Å². The van der Waals surface area contributed by atoms with Crippen LogP contribution in [-0.4, -0.2) is 60.1 Å². The van der Waals surface area contributed by atoms with Crippen LogP contribution in [-0.2, 0) is 0 Å². The first kappa shape index (κ1) is 19.8. The number of benzene rings is 2. The molecule has 1 heterocycles. The molecular weight excluding hydrogens is 354 g/mol. The SMILES string of the molecule is CCN1CCN(C(=O)c2ccc(C(=O)Nc3cccc(C(C)=O)c3)cc2)CC1. The Morgan fingerprint density at radius 1 is 0.893 bits per heavy atom. The van der Waals surface area contributed by atoms with E-state index in [1.165, 1.54) is 6.92 Å². The van der Waals surface area contributed by atoms with Crippen molar-refractivity contribution in [1.82, 2.24) is 9.80 Å². The van der Waals surface area contributed by atoms with Crippen molar-refractivity contribution in [3.05, 3.63) is 65.2 Å². The Hall–Kier alpha value is -2.99. The molecule has 0 spiro atoms. The van der Waals surface area contributed by atoms with Crippen LogP contribution in [0, 0.1) is 0 Å². The molecule has 0 unspecified atom stereocenters. The van der Waals surface area contributed by atoms with E-state index in [0.29, 0.717) is 22.4 Å². The Kier molecular flexibility index (Phi) is 6.21. The van der Waals surface area contributed by atoms with Crippen LogP contribution in [0.25, 0.3) is 0 Å². The van der Waals surface area contributed by atoms with Gasteiger partial charge in [-0.2, -0.15) is 0 Å². The summed E-state index contributed by atoms with van der Waals surface area (Å²) in [7, 11) is 0. The van der Waals surface area contributed by atoms with Gasteiger partial charge in [0.1, 0.15) is 0 Å². The Morgan fingerprint density at radius 3 is 2.14 bits per heavy atom. The van der Waals surface area contributed by atoms with E-state index >= 15 is 0 Å². The average Bonchev–Trinajstić information content (AvgIpc) is 2.73. The molecule has 146 valence electrons. The molecule has 3 rings (SSSR count). The minimum Gasteiger partial charge on any atom is -0.336 e. The summed E-state index contributed by atoms with van der Waals surface area (Å²) < 4.78 is 0. The van der Waals surface area contributed by atoms with Crippen molar-refractivity contribution in [3.8, 4) is 0 Å². The quantitative estimate of drug-likeness (QED) is 0.811. The van der Waals surface area contributed by atoms with Crippen molar-refractivity contribution in [2.24, 2.45) is 0 Å². The number of rotatable bonds is 5. The highest BCUT2D eigenvalue weighted by Gasteiger charge is 2.21. The van der Waals surface area contributed by atoms with E-state index in [-0.39, 0.29) is 17.6 Å². The fourth-order valence-corrected chi connectivity index (χ4v) is 3.23. The number of piperazine rings is 1. The number of anilines is 1. The predicted octanol–water partition coefficient (Wildman–Crippen LogP) is 2.92. The van der Waals surface area contributed by atoms with E-state index < -0.39 is 0 Å². The molecule has 0 atom stereocenters. The molecule has 0 aromatic heterocycles. The van der Waals surface area contributed by atoms with Crippen LogP contribution in [0.4, 0.5) is 5.69 Å². The van der Waals surface area contributed by atoms with Crippen LogP contribution in [0.2, 0.25) is 0 Å². The minimum absolute atomic E-state index is 0.00290. The fraction of sp³-hybridized carbons (Fsp3) is 0.318. The van der Waals surface area contributed by atoms with Gasteiger partial charge in [0.2, 0.25) is 0 Å². The monoisotopic (exact) mass is 379 g/mol. The molecular formula is C22H25N3O3. The second kappa shape index (κ2) is 8.80. The minimum atomic E-state index is -0.281. The summed E-state index contributed by atoms with van der Waals surface area (Å²) >= 11 is 0. The maximum absolute atomic E-state index is 12.6. The van der Waals surface area contributed by atoms with Gasteiger partial charge in [-0.05, 0) is 49.9 Å². The highest BCUT2D eigenvalue weighted by Crippen LogP contribution is 2.15. The third-order valence-corrected chi connectivity index (χ3v) is 5.03. The maximum Gasteiger partial charge on any atom is 0.255 e. The second-order valence-electron chi connectivity index (χ2n) is 6.89. The zero-order chi connectivity index (χ0) is 20.1. The normalized spacial score (nSPS) is 14.6. The van der Waals surface area contributed by atoms with E-state index in [0.717, 1.165) is 32.7 Å². The van der Waals surface area contributed by atoms with E-state index in [9.17, 15) is 14.4 Å². The molecule has 28 heavy (non-hydrogen) atoms. The lowest BCUT2D eigenvalue weighted by Gasteiger charge is -2.34. The van der Waals surface area contributed by atoms with Gasteiger partial charge in [-0.1, -0.05) is 19.1 Å². The van der Waals surface area contributed by atoms with Gasteiger partial charge in [-0.3, -0.25) is 14.4 Å². The Labute approximate surface area is 165 Å². The number of hydrogen-bond acceptors (Lipinski definition) is 4. The van der Waals surface area contributed by atoms with Crippen molar-refractivity contribution in [2.45, 2.75) is 13.8 Å². The van der Waals surface area contributed by atoms with Gasteiger partial charge in [0, 0.05) is 48.6 Å². The highest BCUT2D eigenvalue weighted by atomic mass is 16.2. The van der Waals surface area contributed by atoms with Gasteiger partial charge in [-0.25, -0.2) is 0 Å². The number of hydrogen-bond donors (Lipinski definition) is 1. The molecule has 0 saturated carbocycles. The molecule has 1 aliphatic rings. The van der Waals surface area contributed by atoms with Crippen LogP contribution in [0.15, 0.2) is 48.5 Å². The Bertz CT molecular complexity index is 869. The number of nitrogens with one attached hydrogen (secondary N) is 1. The van der Waals surface area contributed by atoms with Crippen LogP contribution in [0.3, 0.4) is 0 Å². The smallest absolute Gasteiger partial charge is 0.255 e. The van der Waals surface area contributed by atoms with Crippen molar-refractivity contribution < 1.29 is 14.4 Å².